The van der Waals surface area contributed by atoms with Crippen LogP contribution in [-0.4, -0.2) is 37.8 Å². The molecule has 0 radical (unpaired) electrons. The van der Waals surface area contributed by atoms with Crippen LogP contribution in [0.5, 0.6) is 5.75 Å². The van der Waals surface area contributed by atoms with E-state index in [1.54, 1.807) is 17.8 Å². The van der Waals surface area contributed by atoms with Crippen LogP contribution in [0.4, 0.5) is 0 Å². The summed E-state index contributed by atoms with van der Waals surface area (Å²) >= 11 is 0. The van der Waals surface area contributed by atoms with Crippen molar-refractivity contribution in [2.45, 2.75) is 45.8 Å². The summed E-state index contributed by atoms with van der Waals surface area (Å²) in [5.41, 5.74) is 7.48. The lowest BCUT2D eigenvalue weighted by atomic mass is 9.77. The van der Waals surface area contributed by atoms with E-state index in [1.165, 1.54) is 0 Å². The summed E-state index contributed by atoms with van der Waals surface area (Å²) in [7, 11) is 0. The van der Waals surface area contributed by atoms with Gasteiger partial charge >= 0.3 is 5.97 Å². The SMILES string of the molecule is CCOC(=O)c1c(OCc2ccc(-c3ccccc3)c(-c3nnn(C(c4ccccc4)(c4ccccc4)c4ccccc4)n3)c2)cc(C)nc1C(C)C. The topological polar surface area (TPSA) is 92.0 Å². The molecule has 0 aliphatic carbocycles. The zero-order chi connectivity index (χ0) is 36.8. The molecule has 0 saturated carbocycles. The lowest BCUT2D eigenvalue weighted by Gasteiger charge is -2.34. The predicted molar refractivity (Wildman–Crippen MR) is 207 cm³/mol. The van der Waals surface area contributed by atoms with Gasteiger partial charge in [-0.1, -0.05) is 147 Å². The highest BCUT2D eigenvalue weighted by atomic mass is 16.5. The predicted octanol–water partition coefficient (Wildman–Crippen LogP) is 9.43. The van der Waals surface area contributed by atoms with Gasteiger partial charge in [-0.05, 0) is 64.4 Å². The average molecular weight is 700 g/mol. The molecule has 7 rings (SSSR count). The zero-order valence-corrected chi connectivity index (χ0v) is 30.3. The van der Waals surface area contributed by atoms with Crippen molar-refractivity contribution in [1.29, 1.82) is 0 Å². The van der Waals surface area contributed by atoms with E-state index in [9.17, 15) is 4.79 Å². The van der Waals surface area contributed by atoms with Gasteiger partial charge in [-0.25, -0.2) is 4.79 Å². The molecule has 0 spiro atoms. The Bertz CT molecular complexity index is 2210. The van der Waals surface area contributed by atoms with Crippen LogP contribution in [0.25, 0.3) is 22.5 Å². The Morgan fingerprint density at radius 1 is 0.736 bits per heavy atom. The molecule has 5 aromatic carbocycles. The average Bonchev–Trinajstić information content (AvgIpc) is 3.69. The maximum Gasteiger partial charge on any atom is 0.343 e. The second-order valence-corrected chi connectivity index (χ2v) is 13.1. The second kappa shape index (κ2) is 15.5. The molecule has 0 saturated heterocycles. The summed E-state index contributed by atoms with van der Waals surface area (Å²) in [6.07, 6.45) is 0. The monoisotopic (exact) mass is 699 g/mol. The summed E-state index contributed by atoms with van der Waals surface area (Å²) in [6, 6.07) is 48.9. The number of ether oxygens (including phenoxy) is 2. The third kappa shape index (κ3) is 6.96. The van der Waals surface area contributed by atoms with Gasteiger partial charge in [0.05, 0.1) is 12.3 Å². The van der Waals surface area contributed by atoms with E-state index in [2.05, 4.69) is 59.6 Å². The molecule has 0 unspecified atom stereocenters. The molecule has 7 aromatic rings. The van der Waals surface area contributed by atoms with Gasteiger partial charge in [-0.2, -0.15) is 0 Å². The summed E-state index contributed by atoms with van der Waals surface area (Å²) in [5.74, 6) is 0.456. The van der Waals surface area contributed by atoms with Crippen molar-refractivity contribution in [3.05, 3.63) is 185 Å². The van der Waals surface area contributed by atoms with Crippen LogP contribution in [0.1, 0.15) is 70.7 Å². The Kier molecular flexibility index (Phi) is 10.2. The first-order chi connectivity index (χ1) is 25.9. The van der Waals surface area contributed by atoms with Crippen LogP contribution in [0.15, 0.2) is 146 Å². The van der Waals surface area contributed by atoms with Crippen LogP contribution in [-0.2, 0) is 16.9 Å². The summed E-state index contributed by atoms with van der Waals surface area (Å²) in [6.45, 7) is 8.14. The highest BCUT2D eigenvalue weighted by Crippen LogP contribution is 2.41. The van der Waals surface area contributed by atoms with Gasteiger partial charge in [0, 0.05) is 17.3 Å². The number of aryl methyl sites for hydroxylation is 1. The van der Waals surface area contributed by atoms with Gasteiger partial charge in [-0.15, -0.1) is 15.0 Å². The van der Waals surface area contributed by atoms with E-state index < -0.39 is 11.5 Å². The van der Waals surface area contributed by atoms with Gasteiger partial charge in [0.25, 0.3) is 0 Å². The number of pyridine rings is 1. The summed E-state index contributed by atoms with van der Waals surface area (Å²) < 4.78 is 11.9. The zero-order valence-electron chi connectivity index (χ0n) is 30.3. The molecule has 2 aromatic heterocycles. The molecule has 0 bridgehead atoms. The molecule has 8 heteroatoms. The molecular formula is C45H41N5O3. The fourth-order valence-corrected chi connectivity index (χ4v) is 6.85. The molecule has 8 nitrogen and oxygen atoms in total. The van der Waals surface area contributed by atoms with Gasteiger partial charge in [0.1, 0.15) is 17.9 Å². The number of benzene rings is 5. The van der Waals surface area contributed by atoms with Crippen LogP contribution >= 0.6 is 0 Å². The molecule has 0 N–H and O–H groups in total. The lowest BCUT2D eigenvalue weighted by Crippen LogP contribution is -2.39. The first-order valence-corrected chi connectivity index (χ1v) is 17.9. The van der Waals surface area contributed by atoms with Crippen molar-refractivity contribution < 1.29 is 14.3 Å². The number of hydrogen-bond donors (Lipinski definition) is 0. The van der Waals surface area contributed by atoms with Crippen molar-refractivity contribution in [1.82, 2.24) is 25.2 Å². The fourth-order valence-electron chi connectivity index (χ4n) is 6.85. The number of tetrazole rings is 1. The molecule has 0 aliphatic heterocycles. The maximum atomic E-state index is 13.2. The standard InChI is InChI=1S/C45H41N5O3/c1-5-52-44(51)41-40(28-32(4)46-42(41)31(2)3)53-30-33-26-27-38(34-18-10-6-11-19-34)39(29-33)43-47-49-50(48-43)45(35-20-12-7-13-21-35,36-22-14-8-15-23-36)37-24-16-9-17-25-37/h6-29,31H,5,30H2,1-4H3. The van der Waals surface area contributed by atoms with E-state index in [1.807, 2.05) is 106 Å². The molecule has 53 heavy (non-hydrogen) atoms. The number of carbonyl (C=O) groups is 1. The maximum absolute atomic E-state index is 13.2. The quantitative estimate of drug-likeness (QED) is 0.0927. The smallest absolute Gasteiger partial charge is 0.343 e. The Balaban J connectivity index is 1.36. The third-order valence-corrected chi connectivity index (χ3v) is 9.26. The number of carbonyl (C=O) groups excluding carboxylic acids is 1. The number of rotatable bonds is 12. The van der Waals surface area contributed by atoms with E-state index in [0.717, 1.165) is 44.6 Å². The Hall–Kier alpha value is -6.41. The largest absolute Gasteiger partial charge is 0.488 e. The van der Waals surface area contributed by atoms with E-state index >= 15 is 0 Å². The van der Waals surface area contributed by atoms with Crippen molar-refractivity contribution in [3.8, 4) is 28.3 Å². The van der Waals surface area contributed by atoms with Crippen LogP contribution in [0.2, 0.25) is 0 Å². The number of hydrogen-bond acceptors (Lipinski definition) is 7. The fraction of sp³-hybridized carbons (Fsp3) is 0.178. The lowest BCUT2D eigenvalue weighted by molar-refractivity contribution is 0.0518. The first-order valence-electron chi connectivity index (χ1n) is 17.9. The van der Waals surface area contributed by atoms with Crippen LogP contribution in [0, 0.1) is 6.92 Å². The van der Waals surface area contributed by atoms with Gasteiger partial charge in [-0.3, -0.25) is 4.98 Å². The minimum Gasteiger partial charge on any atom is -0.488 e. The molecule has 0 aliphatic rings. The van der Waals surface area contributed by atoms with Crippen LogP contribution in [0.3, 0.4) is 0 Å². The van der Waals surface area contributed by atoms with E-state index in [4.69, 9.17) is 24.9 Å². The molecule has 0 fully saturated rings. The van der Waals surface area contributed by atoms with Crippen LogP contribution < -0.4 is 4.74 Å². The Labute approximate surface area is 310 Å². The van der Waals surface area contributed by atoms with Crippen molar-refractivity contribution >= 4 is 5.97 Å². The molecule has 0 atom stereocenters. The first kappa shape index (κ1) is 35.0. The summed E-state index contributed by atoms with van der Waals surface area (Å²) in [4.78, 5) is 19.6. The minimum absolute atomic E-state index is 0.00289. The normalized spacial score (nSPS) is 11.4. The van der Waals surface area contributed by atoms with E-state index in [-0.39, 0.29) is 19.1 Å². The molecule has 264 valence electrons. The number of aromatic nitrogens is 5. The van der Waals surface area contributed by atoms with E-state index in [0.29, 0.717) is 22.8 Å². The summed E-state index contributed by atoms with van der Waals surface area (Å²) in [5, 5.41) is 14.8. The highest BCUT2D eigenvalue weighted by molar-refractivity contribution is 5.94. The van der Waals surface area contributed by atoms with Gasteiger partial charge in [0.2, 0.25) is 5.82 Å². The Morgan fingerprint density at radius 3 is 1.85 bits per heavy atom. The third-order valence-electron chi connectivity index (χ3n) is 9.26. The van der Waals surface area contributed by atoms with Gasteiger partial charge < -0.3 is 9.47 Å². The molecular weight excluding hydrogens is 659 g/mol. The van der Waals surface area contributed by atoms with Crippen molar-refractivity contribution in [2.24, 2.45) is 0 Å². The molecule has 2 heterocycles. The van der Waals surface area contributed by atoms with Crippen molar-refractivity contribution in [2.75, 3.05) is 6.61 Å². The molecule has 0 amide bonds. The second-order valence-electron chi connectivity index (χ2n) is 13.1. The number of esters is 1. The van der Waals surface area contributed by atoms with Gasteiger partial charge in [0.15, 0.2) is 5.54 Å². The Morgan fingerprint density at radius 2 is 1.30 bits per heavy atom. The number of nitrogens with zero attached hydrogens (tertiary/aromatic N) is 5. The van der Waals surface area contributed by atoms with Crippen molar-refractivity contribution in [3.63, 3.8) is 0 Å². The minimum atomic E-state index is -0.917. The highest BCUT2D eigenvalue weighted by Gasteiger charge is 2.41.